The van der Waals surface area contributed by atoms with E-state index in [0.717, 1.165) is 27.8 Å². The maximum Gasteiger partial charge on any atom is 0.404 e. The van der Waals surface area contributed by atoms with Gasteiger partial charge < -0.3 is 10.2 Å². The van der Waals surface area contributed by atoms with Crippen LogP contribution in [0.5, 0.6) is 11.5 Å². The molecule has 2 aromatic heterocycles. The molecule has 0 bridgehead atoms. The van der Waals surface area contributed by atoms with Crippen molar-refractivity contribution < 1.29 is 53.4 Å². The first-order valence-corrected chi connectivity index (χ1v) is 18.1. The predicted molar refractivity (Wildman–Crippen MR) is 177 cm³/mol. The smallest absolute Gasteiger partial charge is 0.404 e. The van der Waals surface area contributed by atoms with Crippen LogP contribution < -0.4 is 0 Å². The second-order valence-electron chi connectivity index (χ2n) is 11.3. The molecule has 2 N–H and O–H groups in total. The summed E-state index contributed by atoms with van der Waals surface area (Å²) in [7, 11) is -12.2. The fourth-order valence-corrected chi connectivity index (χ4v) is 8.61. The largest absolute Gasteiger partial charge is 0.507 e. The van der Waals surface area contributed by atoms with Gasteiger partial charge in [-0.1, -0.05) is 6.08 Å². The molecule has 0 saturated heterocycles. The molecule has 4 aromatic rings. The SMILES string of the molecule is Cc1nnnn1/N=C/c1ccc(O)c(C(=C2C=C(N(S(=O)(=O)CC(F)(F)F)S(=O)(=O)CC(F)(F)F)C=CC2)c2cc(/C=N/n3nnnc3C)ccc2O)c1. The highest BCUT2D eigenvalue weighted by molar-refractivity contribution is 8.04. The average Bonchev–Trinajstić information content (AvgIpc) is 3.65. The van der Waals surface area contributed by atoms with Gasteiger partial charge in [0.05, 0.1) is 18.1 Å². The second-order valence-corrected chi connectivity index (χ2v) is 15.2. The first-order chi connectivity index (χ1) is 25.1. The van der Waals surface area contributed by atoms with Crippen LogP contribution in [0.2, 0.25) is 0 Å². The average molecular weight is 802 g/mol. The normalized spacial score (nSPS) is 14.3. The molecule has 286 valence electrons. The number of allylic oxidation sites excluding steroid dienone is 4. The lowest BCUT2D eigenvalue weighted by Crippen LogP contribution is -2.44. The minimum Gasteiger partial charge on any atom is -0.507 e. The quantitative estimate of drug-likeness (QED) is 0.165. The molecule has 2 heterocycles. The number of tetrazole rings is 2. The van der Waals surface area contributed by atoms with Crippen LogP contribution in [0.25, 0.3) is 5.57 Å². The minimum atomic E-state index is -6.08. The van der Waals surface area contributed by atoms with E-state index in [1.54, 1.807) is 13.8 Å². The fraction of sp³-hybridized carbons (Fsp3) is 0.241. The van der Waals surface area contributed by atoms with E-state index in [0.29, 0.717) is 11.6 Å². The zero-order valence-electron chi connectivity index (χ0n) is 27.5. The van der Waals surface area contributed by atoms with E-state index < -0.39 is 64.8 Å². The summed E-state index contributed by atoms with van der Waals surface area (Å²) >= 11 is 0. The Morgan fingerprint density at radius 2 is 1.24 bits per heavy atom. The third kappa shape index (κ3) is 9.32. The number of hydrogen-bond donors (Lipinski definition) is 2. The lowest BCUT2D eigenvalue weighted by Gasteiger charge is -2.28. The number of aromatic nitrogens is 8. The number of phenolic OH excluding ortho intramolecular Hbond substituents is 2. The van der Waals surface area contributed by atoms with Gasteiger partial charge in [0.1, 0.15) is 11.5 Å². The number of rotatable bonds is 11. The van der Waals surface area contributed by atoms with Crippen molar-refractivity contribution in [2.75, 3.05) is 11.5 Å². The molecule has 0 saturated carbocycles. The van der Waals surface area contributed by atoms with E-state index in [2.05, 4.69) is 41.3 Å². The van der Waals surface area contributed by atoms with Gasteiger partial charge in [-0.15, -0.1) is 19.8 Å². The molecule has 1 aliphatic rings. The van der Waals surface area contributed by atoms with Crippen molar-refractivity contribution in [2.24, 2.45) is 10.2 Å². The van der Waals surface area contributed by atoms with E-state index in [9.17, 15) is 53.4 Å². The zero-order valence-corrected chi connectivity index (χ0v) is 29.1. The van der Waals surface area contributed by atoms with Crippen LogP contribution in [0.3, 0.4) is 0 Å². The van der Waals surface area contributed by atoms with Gasteiger partial charge in [0.15, 0.2) is 23.2 Å². The topological polar surface area (TPSA) is 224 Å². The van der Waals surface area contributed by atoms with Crippen LogP contribution in [0.1, 0.15) is 40.3 Å². The summed E-state index contributed by atoms with van der Waals surface area (Å²) in [6.45, 7) is 3.10. The standard InChI is InChI=1S/C29H25F6N11O6S2/c1-17-38-40-42-44(17)36-13-19-6-8-25(47)23(10-19)27(24-11-20(7-9-26(24)48)14-37-45-18(2)39-41-43-45)21-4-3-5-22(12-21)46(53(49,50)15-28(30,31)32)54(51,52)16-29(33,34)35/h3,5-14,47-48H,4,15-16H2,1-2H3/b36-13+,37-14+. The molecule has 0 amide bonds. The Morgan fingerprint density at radius 1 is 0.796 bits per heavy atom. The van der Waals surface area contributed by atoms with Crippen molar-refractivity contribution >= 4 is 38.0 Å². The van der Waals surface area contributed by atoms with Gasteiger partial charge in [0, 0.05) is 11.1 Å². The maximum absolute atomic E-state index is 13.4. The van der Waals surface area contributed by atoms with Gasteiger partial charge in [-0.3, -0.25) is 0 Å². The van der Waals surface area contributed by atoms with Crippen molar-refractivity contribution in [1.29, 1.82) is 0 Å². The lowest BCUT2D eigenvalue weighted by atomic mass is 9.87. The van der Waals surface area contributed by atoms with Gasteiger partial charge in [-0.25, -0.2) is 16.8 Å². The van der Waals surface area contributed by atoms with Gasteiger partial charge in [0.2, 0.25) is 0 Å². The van der Waals surface area contributed by atoms with Gasteiger partial charge >= 0.3 is 12.4 Å². The van der Waals surface area contributed by atoms with E-state index in [4.69, 9.17) is 0 Å². The number of sulfonamides is 2. The molecule has 0 unspecified atom stereocenters. The Morgan fingerprint density at radius 3 is 1.63 bits per heavy atom. The number of aryl methyl sites for hydroxylation is 2. The van der Waals surface area contributed by atoms with Gasteiger partial charge in [-0.05, 0) is 112 Å². The first-order valence-electron chi connectivity index (χ1n) is 14.9. The third-order valence-corrected chi connectivity index (χ3v) is 11.3. The van der Waals surface area contributed by atoms with Crippen LogP contribution in [-0.4, -0.2) is 108 Å². The Hall–Kier alpha value is -5.98. The summed E-state index contributed by atoms with van der Waals surface area (Å²) in [5.74, 6) is -6.00. The third-order valence-electron chi connectivity index (χ3n) is 7.10. The predicted octanol–water partition coefficient (Wildman–Crippen LogP) is 3.18. The van der Waals surface area contributed by atoms with Gasteiger partial charge in [0.25, 0.3) is 20.0 Å². The molecule has 17 nitrogen and oxygen atoms in total. The molecular formula is C29H25F6N11O6S2. The number of nitrogens with zero attached hydrogens (tertiary/aromatic N) is 11. The molecule has 5 rings (SSSR count). The Kier molecular flexibility index (Phi) is 10.8. The molecule has 25 heteroatoms. The van der Waals surface area contributed by atoms with Crippen molar-refractivity contribution in [3.63, 3.8) is 0 Å². The van der Waals surface area contributed by atoms with Crippen LogP contribution in [-0.2, 0) is 20.0 Å². The number of aromatic hydroxyl groups is 2. The molecule has 0 spiro atoms. The van der Waals surface area contributed by atoms with Crippen LogP contribution in [0.4, 0.5) is 26.3 Å². The number of halogens is 6. The summed E-state index contributed by atoms with van der Waals surface area (Å²) in [5, 5.41) is 52.2. The summed E-state index contributed by atoms with van der Waals surface area (Å²) in [6, 6.07) is 7.86. The molecule has 54 heavy (non-hydrogen) atoms. The molecular weight excluding hydrogens is 777 g/mol. The van der Waals surface area contributed by atoms with Crippen LogP contribution >= 0.6 is 0 Å². The minimum absolute atomic E-state index is 0.128. The van der Waals surface area contributed by atoms with Crippen molar-refractivity contribution in [2.45, 2.75) is 32.6 Å². The molecule has 0 fully saturated rings. The van der Waals surface area contributed by atoms with Crippen LogP contribution in [0.15, 0.2) is 76.1 Å². The number of benzene rings is 2. The molecule has 1 aliphatic carbocycles. The lowest BCUT2D eigenvalue weighted by molar-refractivity contribution is -0.107. The van der Waals surface area contributed by atoms with Gasteiger partial charge in [-0.2, -0.15) is 40.3 Å². The highest BCUT2D eigenvalue weighted by Gasteiger charge is 2.47. The Bertz CT molecular complexity index is 2310. The van der Waals surface area contributed by atoms with E-state index in [1.807, 2.05) is 0 Å². The van der Waals surface area contributed by atoms with E-state index in [-0.39, 0.29) is 39.8 Å². The van der Waals surface area contributed by atoms with Crippen molar-refractivity contribution in [3.05, 3.63) is 99.8 Å². The summed E-state index contributed by atoms with van der Waals surface area (Å²) in [5.41, 5.74) is -1.16. The molecule has 2 aromatic carbocycles. The molecule has 0 aliphatic heterocycles. The fourth-order valence-electron chi connectivity index (χ4n) is 4.98. The number of phenols is 2. The number of hydrogen-bond acceptors (Lipinski definition) is 14. The van der Waals surface area contributed by atoms with E-state index >= 15 is 0 Å². The zero-order chi connectivity index (χ0) is 39.6. The highest BCUT2D eigenvalue weighted by atomic mass is 32.3. The number of alkyl halides is 6. The second kappa shape index (κ2) is 14.8. The Labute approximate surface area is 301 Å². The molecule has 0 radical (unpaired) electrons. The van der Waals surface area contributed by atoms with E-state index in [1.165, 1.54) is 48.8 Å². The monoisotopic (exact) mass is 801 g/mol. The summed E-state index contributed by atoms with van der Waals surface area (Å²) in [6.07, 6.45) is -6.32. The summed E-state index contributed by atoms with van der Waals surface area (Å²) < 4.78 is 131. The van der Waals surface area contributed by atoms with Crippen LogP contribution in [0, 0.1) is 13.8 Å². The Balaban J connectivity index is 1.78. The first kappa shape index (κ1) is 39.2. The molecule has 0 atom stereocenters. The van der Waals surface area contributed by atoms with Crippen molar-refractivity contribution in [3.8, 4) is 11.5 Å². The summed E-state index contributed by atoms with van der Waals surface area (Å²) in [4.78, 5) is 2.12. The maximum atomic E-state index is 13.4. The highest BCUT2D eigenvalue weighted by Crippen LogP contribution is 2.41. The van der Waals surface area contributed by atoms with Crippen molar-refractivity contribution in [1.82, 2.24) is 44.3 Å².